The lowest BCUT2D eigenvalue weighted by Gasteiger charge is -2.36. The number of aliphatic imine (C=N–C) groups is 1. The third-order valence-electron chi connectivity index (χ3n) is 5.43. The summed E-state index contributed by atoms with van der Waals surface area (Å²) < 4.78 is 14.3. The molecular formula is C23H23FN4O2. The number of halogens is 1. The van der Waals surface area contributed by atoms with Crippen LogP contribution in [-0.4, -0.2) is 67.1 Å². The van der Waals surface area contributed by atoms with Crippen molar-refractivity contribution in [2.75, 3.05) is 45.1 Å². The largest absolute Gasteiger partial charge is 0.381 e. The zero-order chi connectivity index (χ0) is 21.1. The fourth-order valence-electron chi connectivity index (χ4n) is 3.94. The topological polar surface area (TPSA) is 65.0 Å². The zero-order valence-electron chi connectivity index (χ0n) is 16.8. The number of carbonyl (C=O) groups is 2. The average molecular weight is 406 g/mol. The van der Waals surface area contributed by atoms with Crippen LogP contribution in [0.15, 0.2) is 59.6 Å². The zero-order valence-corrected chi connectivity index (χ0v) is 16.8. The quantitative estimate of drug-likeness (QED) is 0.483. The minimum atomic E-state index is -0.663. The Morgan fingerprint density at radius 1 is 0.967 bits per heavy atom. The Morgan fingerprint density at radius 2 is 1.67 bits per heavy atom. The summed E-state index contributed by atoms with van der Waals surface area (Å²) in [6, 6.07) is 14.5. The van der Waals surface area contributed by atoms with E-state index in [1.165, 1.54) is 6.07 Å². The highest BCUT2D eigenvalue weighted by Crippen LogP contribution is 2.31. The number of amides is 1. The first-order valence-corrected chi connectivity index (χ1v) is 9.94. The number of Topliss-reactive ketones (excluding diaryl/α,β-unsaturated/α-hetero) is 1. The third kappa shape index (κ3) is 3.70. The maximum absolute atomic E-state index is 14.3. The second kappa shape index (κ2) is 8.49. The maximum atomic E-state index is 14.3. The molecule has 2 aliphatic heterocycles. The number of piperazine rings is 1. The second-order valence-electron chi connectivity index (χ2n) is 7.18. The molecule has 7 heteroatoms. The highest BCUT2D eigenvalue weighted by Gasteiger charge is 2.32. The lowest BCUT2D eigenvalue weighted by Crippen LogP contribution is -2.52. The first-order valence-electron chi connectivity index (χ1n) is 9.94. The average Bonchev–Trinajstić information content (AvgIpc) is 2.80. The van der Waals surface area contributed by atoms with Crippen LogP contribution in [0.5, 0.6) is 0 Å². The Balaban J connectivity index is 1.45. The van der Waals surface area contributed by atoms with Crippen LogP contribution in [0.3, 0.4) is 0 Å². The monoisotopic (exact) mass is 406 g/mol. The normalized spacial score (nSPS) is 16.5. The number of carbonyl (C=O) groups excluding carboxylic acids is 2. The summed E-state index contributed by atoms with van der Waals surface area (Å²) in [5.41, 5.74) is 1.85. The number of fused-ring (bicyclic) bond motifs is 1. The minimum Gasteiger partial charge on any atom is -0.381 e. The summed E-state index contributed by atoms with van der Waals surface area (Å²) in [7, 11) is 1.75. The van der Waals surface area contributed by atoms with Crippen molar-refractivity contribution in [2.45, 2.75) is 0 Å². The highest BCUT2D eigenvalue weighted by molar-refractivity contribution is 6.53. The fraction of sp³-hybridized carbons (Fsp3) is 0.261. The first kappa shape index (κ1) is 19.8. The van der Waals surface area contributed by atoms with E-state index in [0.717, 1.165) is 11.4 Å². The van der Waals surface area contributed by atoms with E-state index in [9.17, 15) is 14.0 Å². The van der Waals surface area contributed by atoms with Gasteiger partial charge >= 0.3 is 0 Å². The van der Waals surface area contributed by atoms with Gasteiger partial charge < -0.3 is 15.1 Å². The number of nitrogens with zero attached hydrogens (tertiary/aromatic N) is 3. The molecule has 0 radical (unpaired) electrons. The van der Waals surface area contributed by atoms with Crippen LogP contribution in [0.4, 0.5) is 10.1 Å². The number of amidine groups is 1. The summed E-state index contributed by atoms with van der Waals surface area (Å²) in [6.45, 7) is 2.35. The van der Waals surface area contributed by atoms with E-state index in [-0.39, 0.29) is 11.1 Å². The van der Waals surface area contributed by atoms with E-state index in [0.29, 0.717) is 38.4 Å². The van der Waals surface area contributed by atoms with Crippen molar-refractivity contribution in [3.8, 4) is 0 Å². The molecule has 0 atom stereocenters. The molecule has 1 saturated heterocycles. The number of anilines is 1. The molecule has 2 aliphatic rings. The summed E-state index contributed by atoms with van der Waals surface area (Å²) in [4.78, 5) is 33.9. The van der Waals surface area contributed by atoms with Crippen molar-refractivity contribution >= 4 is 28.8 Å². The van der Waals surface area contributed by atoms with E-state index >= 15 is 0 Å². The van der Waals surface area contributed by atoms with Crippen LogP contribution in [0.25, 0.3) is 5.57 Å². The van der Waals surface area contributed by atoms with Gasteiger partial charge in [0.1, 0.15) is 11.7 Å². The Bertz CT molecular complexity index is 1020. The molecular weight excluding hydrogens is 383 g/mol. The molecule has 1 fully saturated rings. The third-order valence-corrected chi connectivity index (χ3v) is 5.43. The molecule has 4 rings (SSSR count). The van der Waals surface area contributed by atoms with Crippen molar-refractivity contribution in [1.29, 1.82) is 0 Å². The number of nitrogens with one attached hydrogen (secondary N) is 1. The van der Waals surface area contributed by atoms with Crippen LogP contribution in [0.1, 0.15) is 11.1 Å². The van der Waals surface area contributed by atoms with Gasteiger partial charge in [0.2, 0.25) is 0 Å². The predicted molar refractivity (Wildman–Crippen MR) is 115 cm³/mol. The number of ketones is 1. The van der Waals surface area contributed by atoms with E-state index in [1.807, 2.05) is 30.3 Å². The lowest BCUT2D eigenvalue weighted by molar-refractivity contribution is -0.142. The van der Waals surface area contributed by atoms with Gasteiger partial charge in [-0.1, -0.05) is 42.5 Å². The van der Waals surface area contributed by atoms with Crippen LogP contribution in [-0.2, 0) is 9.59 Å². The SMILES string of the molecule is CN=C(c1ccccc1)N1CCN(C(=O)C(=O)C2=CCNc3cccc(F)c32)CC1. The highest BCUT2D eigenvalue weighted by atomic mass is 19.1. The van der Waals surface area contributed by atoms with E-state index in [2.05, 4.69) is 15.2 Å². The molecule has 2 aromatic rings. The maximum Gasteiger partial charge on any atom is 0.295 e. The smallest absolute Gasteiger partial charge is 0.295 e. The Labute approximate surface area is 174 Å². The summed E-state index contributed by atoms with van der Waals surface area (Å²) in [6.07, 6.45) is 1.58. The van der Waals surface area contributed by atoms with Gasteiger partial charge in [-0.25, -0.2) is 4.39 Å². The van der Waals surface area contributed by atoms with Gasteiger partial charge in [0.05, 0.1) is 0 Å². The van der Waals surface area contributed by atoms with E-state index in [4.69, 9.17) is 0 Å². The summed E-state index contributed by atoms with van der Waals surface area (Å²) in [5.74, 6) is -0.898. The molecule has 154 valence electrons. The Hall–Kier alpha value is -3.48. The number of rotatable bonds is 3. The molecule has 2 heterocycles. The molecule has 0 unspecified atom stereocenters. The van der Waals surface area contributed by atoms with Crippen molar-refractivity contribution in [1.82, 2.24) is 9.80 Å². The van der Waals surface area contributed by atoms with Gasteiger partial charge in [-0.2, -0.15) is 0 Å². The lowest BCUT2D eigenvalue weighted by atomic mass is 9.95. The molecule has 30 heavy (non-hydrogen) atoms. The van der Waals surface area contributed by atoms with Crippen molar-refractivity contribution < 1.29 is 14.0 Å². The second-order valence-corrected chi connectivity index (χ2v) is 7.18. The molecule has 1 amide bonds. The van der Waals surface area contributed by atoms with Gasteiger partial charge in [-0.05, 0) is 12.1 Å². The summed E-state index contributed by atoms with van der Waals surface area (Å²) in [5, 5.41) is 3.03. The van der Waals surface area contributed by atoms with Crippen molar-refractivity contribution in [3.05, 3.63) is 71.6 Å². The van der Waals surface area contributed by atoms with Crippen LogP contribution >= 0.6 is 0 Å². The molecule has 0 aromatic heterocycles. The molecule has 0 saturated carbocycles. The van der Waals surface area contributed by atoms with Crippen molar-refractivity contribution in [3.63, 3.8) is 0 Å². The van der Waals surface area contributed by atoms with E-state index in [1.54, 1.807) is 30.2 Å². The van der Waals surface area contributed by atoms with Crippen molar-refractivity contribution in [2.24, 2.45) is 4.99 Å². The molecule has 0 spiro atoms. The Kier molecular flexibility index (Phi) is 5.61. The number of hydrogen-bond acceptors (Lipinski definition) is 4. The van der Waals surface area contributed by atoms with Gasteiger partial charge in [-0.3, -0.25) is 14.6 Å². The molecule has 1 N–H and O–H groups in total. The number of benzene rings is 2. The van der Waals surface area contributed by atoms with Gasteiger partial charge in [0.15, 0.2) is 0 Å². The Morgan fingerprint density at radius 3 is 2.37 bits per heavy atom. The molecule has 0 bridgehead atoms. The molecule has 2 aromatic carbocycles. The van der Waals surface area contributed by atoms with Crippen LogP contribution in [0, 0.1) is 5.82 Å². The predicted octanol–water partition coefficient (Wildman–Crippen LogP) is 2.42. The van der Waals surface area contributed by atoms with Gasteiger partial charge in [0, 0.05) is 62.2 Å². The molecule has 0 aliphatic carbocycles. The first-order chi connectivity index (χ1) is 14.6. The van der Waals surface area contributed by atoms with Gasteiger partial charge in [0.25, 0.3) is 11.7 Å². The standard InChI is InChI=1S/C23H23FN4O2/c1-25-22(16-6-3-2-4-7-16)27-12-14-28(15-13-27)23(30)21(29)17-10-11-26-19-9-5-8-18(24)20(17)19/h2-10,26H,11-15H2,1H3. The van der Waals surface area contributed by atoms with E-state index < -0.39 is 17.5 Å². The van der Waals surface area contributed by atoms with Crippen LogP contribution < -0.4 is 5.32 Å². The fourth-order valence-corrected chi connectivity index (χ4v) is 3.94. The summed E-state index contributed by atoms with van der Waals surface area (Å²) >= 11 is 0. The van der Waals surface area contributed by atoms with Gasteiger partial charge in [-0.15, -0.1) is 0 Å². The minimum absolute atomic E-state index is 0.134. The van der Waals surface area contributed by atoms with Crippen LogP contribution in [0.2, 0.25) is 0 Å². The molecule has 6 nitrogen and oxygen atoms in total. The number of hydrogen-bond donors (Lipinski definition) is 1.